The first-order valence-electron chi connectivity index (χ1n) is 6.08. The van der Waals surface area contributed by atoms with Crippen LogP contribution in [-0.4, -0.2) is 37.1 Å². The van der Waals surface area contributed by atoms with Gasteiger partial charge in [0.2, 0.25) is 0 Å². The zero-order chi connectivity index (χ0) is 12.7. The summed E-state index contributed by atoms with van der Waals surface area (Å²) in [5.74, 6) is -0.108. The van der Waals surface area contributed by atoms with Crippen LogP contribution >= 0.6 is 11.3 Å². The highest BCUT2D eigenvalue weighted by molar-refractivity contribution is 7.09. The third kappa shape index (κ3) is 4.48. The van der Waals surface area contributed by atoms with Gasteiger partial charge in [-0.15, -0.1) is 11.3 Å². The van der Waals surface area contributed by atoms with E-state index in [-0.39, 0.29) is 12.0 Å². The van der Waals surface area contributed by atoms with E-state index in [2.05, 4.69) is 22.4 Å². The molecule has 0 fully saturated rings. The summed E-state index contributed by atoms with van der Waals surface area (Å²) in [7, 11) is 1.98. The van der Waals surface area contributed by atoms with Crippen molar-refractivity contribution >= 4 is 17.3 Å². The van der Waals surface area contributed by atoms with Gasteiger partial charge >= 0.3 is 5.97 Å². The molecule has 4 heteroatoms. The highest BCUT2D eigenvalue weighted by Crippen LogP contribution is 2.11. The third-order valence-electron chi connectivity index (χ3n) is 2.77. The molecule has 0 radical (unpaired) electrons. The van der Waals surface area contributed by atoms with Crippen molar-refractivity contribution in [3.63, 3.8) is 0 Å². The first-order chi connectivity index (χ1) is 8.19. The van der Waals surface area contributed by atoms with Gasteiger partial charge in [0, 0.05) is 11.4 Å². The van der Waals surface area contributed by atoms with Crippen LogP contribution in [0.3, 0.4) is 0 Å². The zero-order valence-corrected chi connectivity index (χ0v) is 11.6. The van der Waals surface area contributed by atoms with Crippen LogP contribution in [0, 0.1) is 0 Å². The quantitative estimate of drug-likeness (QED) is 0.701. The molecule has 1 unspecified atom stereocenters. The largest absolute Gasteiger partial charge is 0.465 e. The molecule has 1 aromatic rings. The molecule has 1 rings (SSSR count). The number of carbonyl (C=O) groups excluding carboxylic acids is 1. The number of rotatable bonds is 7. The Kier molecular flexibility index (Phi) is 6.22. The topological polar surface area (TPSA) is 29.5 Å². The van der Waals surface area contributed by atoms with Crippen LogP contribution in [-0.2, 0) is 16.0 Å². The minimum atomic E-state index is -0.116. The summed E-state index contributed by atoms with van der Waals surface area (Å²) in [6, 6.07) is 4.07. The first kappa shape index (κ1) is 14.2. The molecule has 0 saturated heterocycles. The Morgan fingerprint density at radius 3 is 2.82 bits per heavy atom. The number of hydrogen-bond acceptors (Lipinski definition) is 4. The van der Waals surface area contributed by atoms with E-state index < -0.39 is 0 Å². The molecule has 0 aliphatic carbocycles. The van der Waals surface area contributed by atoms with Crippen LogP contribution in [0.5, 0.6) is 0 Å². The molecule has 1 heterocycles. The molecule has 1 aromatic heterocycles. The van der Waals surface area contributed by atoms with Crippen molar-refractivity contribution in [3.05, 3.63) is 22.4 Å². The van der Waals surface area contributed by atoms with Gasteiger partial charge < -0.3 is 4.74 Å². The minimum Gasteiger partial charge on any atom is -0.465 e. The highest BCUT2D eigenvalue weighted by atomic mass is 32.1. The lowest BCUT2D eigenvalue weighted by Gasteiger charge is -2.24. The Morgan fingerprint density at radius 1 is 1.53 bits per heavy atom. The van der Waals surface area contributed by atoms with Crippen LogP contribution in [0.2, 0.25) is 0 Å². The van der Waals surface area contributed by atoms with Crippen molar-refractivity contribution in [3.8, 4) is 0 Å². The number of likely N-dealkylation sites (N-methyl/N-ethyl adjacent to an activating group) is 1. The van der Waals surface area contributed by atoms with E-state index in [1.165, 1.54) is 4.88 Å². The van der Waals surface area contributed by atoms with Gasteiger partial charge in [-0.1, -0.05) is 13.0 Å². The molecule has 1 atom stereocenters. The maximum absolute atomic E-state index is 11.7. The number of carbonyl (C=O) groups is 1. The predicted octanol–water partition coefficient (Wildman–Crippen LogP) is 2.56. The molecule has 0 aromatic carbocycles. The Balaban J connectivity index is 2.43. The van der Waals surface area contributed by atoms with E-state index in [0.717, 1.165) is 19.4 Å². The minimum absolute atomic E-state index is 0.108. The summed E-state index contributed by atoms with van der Waals surface area (Å²) >= 11 is 1.76. The SMILES string of the molecule is CCOC(=O)C(CC)N(C)CCc1cccs1. The van der Waals surface area contributed by atoms with E-state index in [1.807, 2.05) is 20.9 Å². The van der Waals surface area contributed by atoms with Gasteiger partial charge in [-0.3, -0.25) is 9.69 Å². The fourth-order valence-electron chi connectivity index (χ4n) is 1.79. The van der Waals surface area contributed by atoms with E-state index in [1.54, 1.807) is 11.3 Å². The molecule has 0 bridgehead atoms. The number of hydrogen-bond donors (Lipinski definition) is 0. The molecule has 0 spiro atoms. The Labute approximate surface area is 107 Å². The molecule has 96 valence electrons. The average Bonchev–Trinajstić information content (AvgIpc) is 2.80. The van der Waals surface area contributed by atoms with Crippen LogP contribution in [0.25, 0.3) is 0 Å². The molecular formula is C13H21NO2S. The van der Waals surface area contributed by atoms with Crippen molar-refractivity contribution in [1.29, 1.82) is 0 Å². The van der Waals surface area contributed by atoms with Gasteiger partial charge in [0.25, 0.3) is 0 Å². The summed E-state index contributed by atoms with van der Waals surface area (Å²) in [5, 5.41) is 2.08. The maximum atomic E-state index is 11.7. The Morgan fingerprint density at radius 2 is 2.29 bits per heavy atom. The lowest BCUT2D eigenvalue weighted by molar-refractivity contribution is -0.149. The van der Waals surface area contributed by atoms with Gasteiger partial charge in [0.05, 0.1) is 6.61 Å². The molecule has 0 N–H and O–H groups in total. The van der Waals surface area contributed by atoms with Gasteiger partial charge in [0.15, 0.2) is 0 Å². The van der Waals surface area contributed by atoms with Gasteiger partial charge in [-0.2, -0.15) is 0 Å². The fourth-order valence-corrected chi connectivity index (χ4v) is 2.49. The van der Waals surface area contributed by atoms with E-state index >= 15 is 0 Å². The van der Waals surface area contributed by atoms with Gasteiger partial charge in [-0.05, 0) is 38.3 Å². The second-order valence-electron chi connectivity index (χ2n) is 3.99. The maximum Gasteiger partial charge on any atom is 0.323 e. The Hall–Kier alpha value is -0.870. The van der Waals surface area contributed by atoms with E-state index in [4.69, 9.17) is 4.74 Å². The van der Waals surface area contributed by atoms with Crippen molar-refractivity contribution in [1.82, 2.24) is 4.90 Å². The van der Waals surface area contributed by atoms with Gasteiger partial charge in [0.1, 0.15) is 6.04 Å². The summed E-state index contributed by atoms with van der Waals surface area (Å²) in [6.45, 7) is 5.20. The molecule has 0 amide bonds. The number of nitrogens with zero attached hydrogens (tertiary/aromatic N) is 1. The van der Waals surface area contributed by atoms with Crippen molar-refractivity contribution in [2.24, 2.45) is 0 Å². The van der Waals surface area contributed by atoms with Crippen LogP contribution in [0.4, 0.5) is 0 Å². The number of thiophene rings is 1. The molecule has 17 heavy (non-hydrogen) atoms. The van der Waals surface area contributed by atoms with Crippen molar-refractivity contribution < 1.29 is 9.53 Å². The standard InChI is InChI=1S/C13H21NO2S/c1-4-12(13(15)16-5-2)14(3)9-8-11-7-6-10-17-11/h6-7,10,12H,4-5,8-9H2,1-3H3. The van der Waals surface area contributed by atoms with Gasteiger partial charge in [-0.25, -0.2) is 0 Å². The van der Waals surface area contributed by atoms with Crippen molar-refractivity contribution in [2.75, 3.05) is 20.2 Å². The van der Waals surface area contributed by atoms with Crippen molar-refractivity contribution in [2.45, 2.75) is 32.7 Å². The van der Waals surface area contributed by atoms with Crippen LogP contribution in [0.15, 0.2) is 17.5 Å². The monoisotopic (exact) mass is 255 g/mol. The van der Waals surface area contributed by atoms with E-state index in [0.29, 0.717) is 6.61 Å². The summed E-state index contributed by atoms with van der Waals surface area (Å²) < 4.78 is 5.08. The second kappa shape index (κ2) is 7.45. The molecule has 0 aliphatic rings. The number of ether oxygens (including phenoxy) is 1. The second-order valence-corrected chi connectivity index (χ2v) is 5.02. The lowest BCUT2D eigenvalue weighted by atomic mass is 10.2. The predicted molar refractivity (Wildman–Crippen MR) is 71.4 cm³/mol. The first-order valence-corrected chi connectivity index (χ1v) is 6.96. The lowest BCUT2D eigenvalue weighted by Crippen LogP contribution is -2.40. The molecular weight excluding hydrogens is 234 g/mol. The molecule has 0 aliphatic heterocycles. The summed E-state index contributed by atoms with van der Waals surface area (Å²) in [6.07, 6.45) is 1.78. The Bertz CT molecular complexity index is 324. The molecule has 0 saturated carbocycles. The average molecular weight is 255 g/mol. The smallest absolute Gasteiger partial charge is 0.323 e. The summed E-state index contributed by atoms with van der Waals surface area (Å²) in [4.78, 5) is 15.2. The van der Waals surface area contributed by atoms with Crippen LogP contribution < -0.4 is 0 Å². The fraction of sp³-hybridized carbons (Fsp3) is 0.615. The zero-order valence-electron chi connectivity index (χ0n) is 10.8. The summed E-state index contributed by atoms with van der Waals surface area (Å²) in [5.41, 5.74) is 0. The third-order valence-corrected chi connectivity index (χ3v) is 3.70. The molecule has 3 nitrogen and oxygen atoms in total. The highest BCUT2D eigenvalue weighted by Gasteiger charge is 2.22. The van der Waals surface area contributed by atoms with Crippen LogP contribution in [0.1, 0.15) is 25.1 Å². The number of esters is 1. The normalized spacial score (nSPS) is 12.7. The van der Waals surface area contributed by atoms with E-state index in [9.17, 15) is 4.79 Å².